The van der Waals surface area contributed by atoms with Gasteiger partial charge in [0.25, 0.3) is 0 Å². The minimum Gasteiger partial charge on any atom is -0.494 e. The second-order valence-electron chi connectivity index (χ2n) is 6.55. The molecule has 1 aromatic heterocycles. The van der Waals surface area contributed by atoms with Crippen molar-refractivity contribution in [2.24, 2.45) is 0 Å². The Kier molecular flexibility index (Phi) is 5.77. The Balaban J connectivity index is 2.00. The van der Waals surface area contributed by atoms with Gasteiger partial charge in [0.1, 0.15) is 5.82 Å². The molecular weight excluding hydrogens is 377 g/mol. The first-order valence-corrected chi connectivity index (χ1v) is 9.16. The van der Waals surface area contributed by atoms with Gasteiger partial charge in [-0.1, -0.05) is 18.2 Å². The van der Waals surface area contributed by atoms with Crippen LogP contribution in [0.15, 0.2) is 42.5 Å². The van der Waals surface area contributed by atoms with Gasteiger partial charge in [-0.3, -0.25) is 14.4 Å². The minimum absolute atomic E-state index is 0.0715. The molecule has 3 aromatic rings. The molecule has 0 saturated heterocycles. The van der Waals surface area contributed by atoms with Crippen molar-refractivity contribution in [3.63, 3.8) is 0 Å². The Morgan fingerprint density at radius 1 is 1.14 bits per heavy atom. The lowest BCUT2D eigenvalue weighted by atomic mass is 9.99. The zero-order valence-electron chi connectivity index (χ0n) is 16.1. The van der Waals surface area contributed by atoms with E-state index < -0.39 is 23.4 Å². The molecule has 0 fully saturated rings. The highest BCUT2D eigenvalue weighted by atomic mass is 19.1. The van der Waals surface area contributed by atoms with Crippen molar-refractivity contribution < 1.29 is 28.6 Å². The Labute approximate surface area is 166 Å². The van der Waals surface area contributed by atoms with Crippen molar-refractivity contribution in [3.05, 3.63) is 65.0 Å². The van der Waals surface area contributed by atoms with E-state index in [2.05, 4.69) is 0 Å². The van der Waals surface area contributed by atoms with E-state index >= 15 is 0 Å². The average Bonchev–Trinajstić information content (AvgIpc) is 2.97. The van der Waals surface area contributed by atoms with Crippen LogP contribution in [-0.2, 0) is 16.0 Å². The molecule has 150 valence electrons. The predicted molar refractivity (Wildman–Crippen MR) is 105 cm³/mol. The molecule has 7 heteroatoms. The molecule has 0 atom stereocenters. The molecular formula is C22H20FNO5. The number of aryl methyl sites for hydroxylation is 1. The van der Waals surface area contributed by atoms with E-state index in [-0.39, 0.29) is 34.4 Å². The number of halogens is 1. The smallest absolute Gasteiger partial charge is 0.306 e. The number of hydrogen-bond donors (Lipinski definition) is 1. The van der Waals surface area contributed by atoms with E-state index in [1.54, 1.807) is 31.2 Å². The fraction of sp³-hybridized carbons (Fsp3) is 0.227. The SMILES string of the molecule is CCOC(=O)CCc1cccc(C(=O)c2c(O)n(C(C)=O)c3cc(F)ccc23)c1. The van der Waals surface area contributed by atoms with Crippen molar-refractivity contribution in [3.8, 4) is 5.88 Å². The second kappa shape index (κ2) is 8.26. The van der Waals surface area contributed by atoms with Crippen LogP contribution in [-0.4, -0.2) is 33.9 Å². The monoisotopic (exact) mass is 397 g/mol. The van der Waals surface area contributed by atoms with Gasteiger partial charge in [-0.05, 0) is 43.2 Å². The van der Waals surface area contributed by atoms with Crippen LogP contribution in [0.3, 0.4) is 0 Å². The van der Waals surface area contributed by atoms with E-state index in [0.29, 0.717) is 13.0 Å². The third-order valence-corrected chi connectivity index (χ3v) is 4.56. The van der Waals surface area contributed by atoms with Crippen molar-refractivity contribution in [1.29, 1.82) is 0 Å². The number of esters is 1. The van der Waals surface area contributed by atoms with E-state index in [0.717, 1.165) is 16.2 Å². The zero-order chi connectivity index (χ0) is 21.1. The van der Waals surface area contributed by atoms with Crippen molar-refractivity contribution in [2.45, 2.75) is 26.7 Å². The maximum absolute atomic E-state index is 13.7. The van der Waals surface area contributed by atoms with Crippen LogP contribution in [0.1, 0.15) is 46.5 Å². The average molecular weight is 397 g/mol. The lowest BCUT2D eigenvalue weighted by Gasteiger charge is -2.06. The molecule has 0 saturated carbocycles. The number of carbonyl (C=O) groups is 3. The standard InChI is InChI=1S/C22H20FNO5/c1-3-29-19(26)10-7-14-5-4-6-15(11-14)21(27)20-17-9-8-16(23)12-18(17)24(13(2)25)22(20)28/h4-6,8-9,11-12,28H,3,7,10H2,1-2H3. The number of benzene rings is 2. The largest absolute Gasteiger partial charge is 0.494 e. The Morgan fingerprint density at radius 3 is 2.59 bits per heavy atom. The third-order valence-electron chi connectivity index (χ3n) is 4.56. The molecule has 0 aliphatic rings. The maximum Gasteiger partial charge on any atom is 0.306 e. The first-order valence-electron chi connectivity index (χ1n) is 9.16. The van der Waals surface area contributed by atoms with Gasteiger partial charge in [-0.15, -0.1) is 0 Å². The summed E-state index contributed by atoms with van der Waals surface area (Å²) < 4.78 is 19.5. The van der Waals surface area contributed by atoms with Gasteiger partial charge in [0.05, 0.1) is 17.7 Å². The number of fused-ring (bicyclic) bond motifs is 1. The highest BCUT2D eigenvalue weighted by Gasteiger charge is 2.25. The maximum atomic E-state index is 13.7. The topological polar surface area (TPSA) is 85.6 Å². The molecule has 0 aliphatic heterocycles. The van der Waals surface area contributed by atoms with Crippen LogP contribution in [0.4, 0.5) is 4.39 Å². The number of ketones is 1. The van der Waals surface area contributed by atoms with Gasteiger partial charge < -0.3 is 9.84 Å². The van der Waals surface area contributed by atoms with Gasteiger partial charge in [0.2, 0.25) is 11.8 Å². The third kappa shape index (κ3) is 4.03. The summed E-state index contributed by atoms with van der Waals surface area (Å²) in [5.74, 6) is -2.48. The van der Waals surface area contributed by atoms with Gasteiger partial charge in [-0.2, -0.15) is 0 Å². The summed E-state index contributed by atoms with van der Waals surface area (Å²) in [5.41, 5.74) is 1.09. The normalized spacial score (nSPS) is 10.9. The minimum atomic E-state index is -0.586. The molecule has 0 unspecified atom stereocenters. The predicted octanol–water partition coefficient (Wildman–Crippen LogP) is 3.87. The first kappa shape index (κ1) is 20.3. The summed E-state index contributed by atoms with van der Waals surface area (Å²) in [5, 5.41) is 10.8. The summed E-state index contributed by atoms with van der Waals surface area (Å²) >= 11 is 0. The fourth-order valence-corrected chi connectivity index (χ4v) is 3.28. The number of ether oxygens (including phenoxy) is 1. The number of hydrogen-bond acceptors (Lipinski definition) is 5. The second-order valence-corrected chi connectivity index (χ2v) is 6.55. The van der Waals surface area contributed by atoms with E-state index in [9.17, 15) is 23.9 Å². The van der Waals surface area contributed by atoms with Crippen molar-refractivity contribution >= 4 is 28.6 Å². The van der Waals surface area contributed by atoms with Crippen LogP contribution in [0, 0.1) is 5.82 Å². The Morgan fingerprint density at radius 2 is 1.90 bits per heavy atom. The quantitative estimate of drug-likeness (QED) is 0.504. The Hall–Kier alpha value is -3.48. The number of nitrogens with zero attached hydrogens (tertiary/aromatic N) is 1. The molecule has 1 N–H and O–H groups in total. The summed E-state index contributed by atoms with van der Waals surface area (Å²) in [4.78, 5) is 36.6. The summed E-state index contributed by atoms with van der Waals surface area (Å²) in [6.45, 7) is 3.25. The molecule has 0 amide bonds. The van der Waals surface area contributed by atoms with E-state index in [1.165, 1.54) is 19.1 Å². The molecule has 1 heterocycles. The Bertz CT molecular complexity index is 1120. The summed E-state index contributed by atoms with van der Waals surface area (Å²) in [6.07, 6.45) is 0.575. The highest BCUT2D eigenvalue weighted by molar-refractivity contribution is 6.19. The highest BCUT2D eigenvalue weighted by Crippen LogP contribution is 2.33. The first-order chi connectivity index (χ1) is 13.8. The summed E-state index contributed by atoms with van der Waals surface area (Å²) in [7, 11) is 0. The molecule has 3 rings (SSSR count). The molecule has 29 heavy (non-hydrogen) atoms. The van der Waals surface area contributed by atoms with Crippen LogP contribution in [0.5, 0.6) is 5.88 Å². The summed E-state index contributed by atoms with van der Waals surface area (Å²) in [6, 6.07) is 10.3. The van der Waals surface area contributed by atoms with Gasteiger partial charge in [-0.25, -0.2) is 8.96 Å². The lowest BCUT2D eigenvalue weighted by Crippen LogP contribution is -2.07. The fourth-order valence-electron chi connectivity index (χ4n) is 3.28. The zero-order valence-corrected chi connectivity index (χ0v) is 16.1. The number of aromatic nitrogens is 1. The van der Waals surface area contributed by atoms with Crippen molar-refractivity contribution in [2.75, 3.05) is 6.61 Å². The van der Waals surface area contributed by atoms with E-state index in [1.807, 2.05) is 0 Å². The van der Waals surface area contributed by atoms with Crippen LogP contribution >= 0.6 is 0 Å². The number of aromatic hydroxyl groups is 1. The molecule has 0 bridgehead atoms. The number of carbonyl (C=O) groups excluding carboxylic acids is 3. The van der Waals surface area contributed by atoms with E-state index in [4.69, 9.17) is 4.74 Å². The molecule has 0 radical (unpaired) electrons. The molecule has 0 spiro atoms. The molecule has 0 aliphatic carbocycles. The van der Waals surface area contributed by atoms with Gasteiger partial charge in [0, 0.05) is 24.3 Å². The van der Waals surface area contributed by atoms with Gasteiger partial charge >= 0.3 is 5.97 Å². The molecule has 2 aromatic carbocycles. The van der Waals surface area contributed by atoms with Crippen LogP contribution in [0.25, 0.3) is 10.9 Å². The number of rotatable bonds is 6. The van der Waals surface area contributed by atoms with Gasteiger partial charge in [0.15, 0.2) is 5.78 Å². The van der Waals surface area contributed by atoms with Crippen LogP contribution < -0.4 is 0 Å². The molecule has 6 nitrogen and oxygen atoms in total. The lowest BCUT2D eigenvalue weighted by molar-refractivity contribution is -0.143. The van der Waals surface area contributed by atoms with Crippen LogP contribution in [0.2, 0.25) is 0 Å². The van der Waals surface area contributed by atoms with Crippen molar-refractivity contribution in [1.82, 2.24) is 4.57 Å².